The maximum absolute atomic E-state index is 5.58. The minimum absolute atomic E-state index is 0.212. The van der Waals surface area contributed by atoms with Crippen LogP contribution in [0.1, 0.15) is 33.1 Å². The zero-order valence-corrected chi connectivity index (χ0v) is 10.2. The summed E-state index contributed by atoms with van der Waals surface area (Å²) in [4.78, 5) is 0. The van der Waals surface area contributed by atoms with Gasteiger partial charge < -0.3 is 9.47 Å². The Labute approximate surface area is 98.6 Å². The van der Waals surface area contributed by atoms with Gasteiger partial charge in [-0.25, -0.2) is 0 Å². The first-order chi connectivity index (χ1) is 7.72. The quantitative estimate of drug-likeness (QED) is 0.651. The van der Waals surface area contributed by atoms with Crippen molar-refractivity contribution in [2.75, 3.05) is 6.61 Å². The Morgan fingerprint density at radius 3 is 2.25 bits per heavy atom. The summed E-state index contributed by atoms with van der Waals surface area (Å²) >= 11 is 0. The van der Waals surface area contributed by atoms with Crippen molar-refractivity contribution in [2.24, 2.45) is 0 Å². The van der Waals surface area contributed by atoms with Crippen LogP contribution in [0.5, 0.6) is 11.5 Å². The predicted molar refractivity (Wildman–Crippen MR) is 66.9 cm³/mol. The molecule has 0 saturated heterocycles. The third kappa shape index (κ3) is 5.06. The van der Waals surface area contributed by atoms with Gasteiger partial charge in [-0.05, 0) is 44.5 Å². The summed E-state index contributed by atoms with van der Waals surface area (Å²) in [7, 11) is 0. The van der Waals surface area contributed by atoms with Gasteiger partial charge in [0, 0.05) is 0 Å². The van der Waals surface area contributed by atoms with Gasteiger partial charge in [-0.3, -0.25) is 0 Å². The van der Waals surface area contributed by atoms with Gasteiger partial charge in [-0.1, -0.05) is 19.8 Å². The van der Waals surface area contributed by atoms with E-state index >= 15 is 0 Å². The van der Waals surface area contributed by atoms with Crippen molar-refractivity contribution in [3.63, 3.8) is 0 Å². The van der Waals surface area contributed by atoms with E-state index in [0.717, 1.165) is 37.4 Å². The molecule has 2 nitrogen and oxygen atoms in total. The summed E-state index contributed by atoms with van der Waals surface area (Å²) in [5.74, 6) is 1.79. The van der Waals surface area contributed by atoms with Crippen LogP contribution in [0.2, 0.25) is 0 Å². The molecule has 0 aliphatic carbocycles. The van der Waals surface area contributed by atoms with Crippen LogP contribution >= 0.6 is 0 Å². The molecular weight excluding hydrogens is 200 g/mol. The largest absolute Gasteiger partial charge is 0.494 e. The first-order valence-electron chi connectivity index (χ1n) is 5.91. The molecular formula is C14H21O2. The maximum atomic E-state index is 5.58. The van der Waals surface area contributed by atoms with Crippen molar-refractivity contribution < 1.29 is 9.47 Å². The minimum atomic E-state index is 0.212. The van der Waals surface area contributed by atoms with Crippen LogP contribution in [-0.4, -0.2) is 12.7 Å². The van der Waals surface area contributed by atoms with E-state index in [9.17, 15) is 0 Å². The standard InChI is InChI=1S/C14H21O2/c1-4-5-6-11-15-13-7-9-14(10-8-13)16-12(2)3/h7-10,12H,1,4-6,11H2,2-3H3. The second-order valence-electron chi connectivity index (χ2n) is 4.05. The van der Waals surface area contributed by atoms with Gasteiger partial charge in [0.2, 0.25) is 0 Å². The average Bonchev–Trinajstić information content (AvgIpc) is 2.26. The van der Waals surface area contributed by atoms with Gasteiger partial charge in [-0.15, -0.1) is 0 Å². The average molecular weight is 221 g/mol. The van der Waals surface area contributed by atoms with Crippen LogP contribution in [0.4, 0.5) is 0 Å². The van der Waals surface area contributed by atoms with Crippen molar-refractivity contribution in [3.8, 4) is 11.5 Å². The SMILES string of the molecule is [CH2]CCCCOc1ccc(OC(C)C)cc1. The van der Waals surface area contributed by atoms with Crippen LogP contribution in [0.25, 0.3) is 0 Å². The van der Waals surface area contributed by atoms with Crippen LogP contribution in [0.3, 0.4) is 0 Å². The maximum Gasteiger partial charge on any atom is 0.119 e. The highest BCUT2D eigenvalue weighted by atomic mass is 16.5. The fourth-order valence-electron chi connectivity index (χ4n) is 1.36. The third-order valence-electron chi connectivity index (χ3n) is 2.11. The molecule has 1 aromatic rings. The Bertz CT molecular complexity index is 277. The van der Waals surface area contributed by atoms with Gasteiger partial charge in [0.05, 0.1) is 12.7 Å². The lowest BCUT2D eigenvalue weighted by Crippen LogP contribution is -2.05. The highest BCUT2D eigenvalue weighted by molar-refractivity contribution is 5.31. The molecule has 0 spiro atoms. The summed E-state index contributed by atoms with van der Waals surface area (Å²) in [5.41, 5.74) is 0. The van der Waals surface area contributed by atoms with Gasteiger partial charge in [0.15, 0.2) is 0 Å². The Hall–Kier alpha value is -1.18. The number of rotatable bonds is 7. The van der Waals surface area contributed by atoms with Crippen LogP contribution < -0.4 is 9.47 Å². The molecule has 1 aromatic carbocycles. The molecule has 89 valence electrons. The van der Waals surface area contributed by atoms with E-state index in [2.05, 4.69) is 6.92 Å². The second kappa shape index (κ2) is 7.15. The highest BCUT2D eigenvalue weighted by Crippen LogP contribution is 2.18. The fraction of sp³-hybridized carbons (Fsp3) is 0.500. The molecule has 0 aliphatic heterocycles. The van der Waals surface area contributed by atoms with Crippen LogP contribution in [0.15, 0.2) is 24.3 Å². The monoisotopic (exact) mass is 221 g/mol. The third-order valence-corrected chi connectivity index (χ3v) is 2.11. The summed E-state index contributed by atoms with van der Waals surface area (Å²) < 4.78 is 11.1. The molecule has 16 heavy (non-hydrogen) atoms. The molecule has 0 unspecified atom stereocenters. The molecule has 0 fully saturated rings. The van der Waals surface area contributed by atoms with E-state index in [1.54, 1.807) is 0 Å². The molecule has 0 bridgehead atoms. The molecule has 0 amide bonds. The summed E-state index contributed by atoms with van der Waals surface area (Å²) in [5, 5.41) is 0. The number of unbranched alkanes of at least 4 members (excludes halogenated alkanes) is 2. The first-order valence-corrected chi connectivity index (χ1v) is 5.91. The summed E-state index contributed by atoms with van der Waals surface area (Å²) in [6, 6.07) is 7.78. The van der Waals surface area contributed by atoms with Crippen molar-refractivity contribution >= 4 is 0 Å². The van der Waals surface area contributed by atoms with Gasteiger partial charge in [0.25, 0.3) is 0 Å². The Balaban J connectivity index is 2.33. The summed E-state index contributed by atoms with van der Waals surface area (Å²) in [6.45, 7) is 8.60. The second-order valence-corrected chi connectivity index (χ2v) is 4.05. The number of hydrogen-bond acceptors (Lipinski definition) is 2. The molecule has 0 aromatic heterocycles. The molecule has 1 rings (SSSR count). The number of ether oxygens (including phenoxy) is 2. The molecule has 1 radical (unpaired) electrons. The lowest BCUT2D eigenvalue weighted by molar-refractivity contribution is 0.241. The molecule has 2 heteroatoms. The lowest BCUT2D eigenvalue weighted by Gasteiger charge is -2.10. The van der Waals surface area contributed by atoms with Crippen molar-refractivity contribution in [2.45, 2.75) is 39.2 Å². The summed E-state index contributed by atoms with van der Waals surface area (Å²) in [6.07, 6.45) is 3.37. The van der Waals surface area contributed by atoms with Crippen LogP contribution in [-0.2, 0) is 0 Å². The normalized spacial score (nSPS) is 10.5. The van der Waals surface area contributed by atoms with Crippen molar-refractivity contribution in [1.29, 1.82) is 0 Å². The van der Waals surface area contributed by atoms with E-state index < -0.39 is 0 Å². The molecule has 0 aliphatic rings. The number of hydrogen-bond donors (Lipinski definition) is 0. The van der Waals surface area contributed by atoms with Crippen molar-refractivity contribution in [1.82, 2.24) is 0 Å². The van der Waals surface area contributed by atoms with Gasteiger partial charge >= 0.3 is 0 Å². The smallest absolute Gasteiger partial charge is 0.119 e. The predicted octanol–water partition coefficient (Wildman–Crippen LogP) is 3.86. The van der Waals surface area contributed by atoms with E-state index in [4.69, 9.17) is 9.47 Å². The fourth-order valence-corrected chi connectivity index (χ4v) is 1.36. The topological polar surface area (TPSA) is 18.5 Å². The minimum Gasteiger partial charge on any atom is -0.494 e. The highest BCUT2D eigenvalue weighted by Gasteiger charge is 1.98. The number of benzene rings is 1. The van der Waals surface area contributed by atoms with E-state index in [0.29, 0.717) is 0 Å². The molecule has 0 N–H and O–H groups in total. The molecule has 0 heterocycles. The van der Waals surface area contributed by atoms with E-state index in [-0.39, 0.29) is 6.10 Å². The van der Waals surface area contributed by atoms with Crippen molar-refractivity contribution in [3.05, 3.63) is 31.2 Å². The Morgan fingerprint density at radius 2 is 1.69 bits per heavy atom. The zero-order chi connectivity index (χ0) is 11.8. The van der Waals surface area contributed by atoms with E-state index in [1.165, 1.54) is 0 Å². The Kier molecular flexibility index (Phi) is 5.76. The van der Waals surface area contributed by atoms with Gasteiger partial charge in [0.1, 0.15) is 11.5 Å². The lowest BCUT2D eigenvalue weighted by atomic mass is 10.3. The van der Waals surface area contributed by atoms with Crippen LogP contribution in [0, 0.1) is 6.92 Å². The Morgan fingerprint density at radius 1 is 1.06 bits per heavy atom. The molecule has 0 atom stereocenters. The zero-order valence-electron chi connectivity index (χ0n) is 10.2. The first kappa shape index (κ1) is 12.9. The van der Waals surface area contributed by atoms with Gasteiger partial charge in [-0.2, -0.15) is 0 Å². The molecule has 0 saturated carbocycles. The van der Waals surface area contributed by atoms with E-state index in [1.807, 2.05) is 38.1 Å².